The molecule has 3 amide bonds. The zero-order valence-electron chi connectivity index (χ0n) is 15.2. The van der Waals surface area contributed by atoms with Crippen LogP contribution in [0.5, 0.6) is 0 Å². The third kappa shape index (κ3) is 4.83. The monoisotopic (exact) mass is 340 g/mol. The second-order valence-corrected chi connectivity index (χ2v) is 8.13. The van der Waals surface area contributed by atoms with Gasteiger partial charge < -0.3 is 20.6 Å². The number of hydrogen-bond donors (Lipinski definition) is 2. The molecular weight excluding hydrogens is 308 g/mol. The minimum absolute atomic E-state index is 0.127. The largest absolute Gasteiger partial charge is 0.391 e. The smallest absolute Gasteiger partial charge is 0.314 e. The highest BCUT2D eigenvalue weighted by molar-refractivity contribution is 5.80. The number of urea groups is 1. The molecule has 0 saturated carbocycles. The molecule has 2 rings (SSSR count). The van der Waals surface area contributed by atoms with E-state index in [4.69, 9.17) is 5.73 Å². The maximum atomic E-state index is 12.7. The van der Waals surface area contributed by atoms with Crippen LogP contribution < -0.4 is 5.73 Å². The summed E-state index contributed by atoms with van der Waals surface area (Å²) in [7, 11) is 0. The third-order valence-electron chi connectivity index (χ3n) is 5.20. The van der Waals surface area contributed by atoms with Gasteiger partial charge in [-0.1, -0.05) is 20.8 Å². The Bertz CT molecular complexity index is 455. The molecule has 24 heavy (non-hydrogen) atoms. The van der Waals surface area contributed by atoms with Gasteiger partial charge in [0, 0.05) is 45.8 Å². The lowest BCUT2D eigenvalue weighted by Crippen LogP contribution is -2.54. The van der Waals surface area contributed by atoms with E-state index in [1.54, 1.807) is 4.90 Å². The summed E-state index contributed by atoms with van der Waals surface area (Å²) in [6, 6.07) is -0.437. The van der Waals surface area contributed by atoms with E-state index in [2.05, 4.69) is 4.90 Å². The van der Waals surface area contributed by atoms with Crippen LogP contribution in [-0.2, 0) is 4.79 Å². The number of amides is 3. The fourth-order valence-corrected chi connectivity index (χ4v) is 3.31. The average Bonchev–Trinajstić information content (AvgIpc) is 2.54. The molecule has 2 saturated heterocycles. The van der Waals surface area contributed by atoms with Crippen molar-refractivity contribution in [2.45, 2.75) is 39.7 Å². The number of nitrogens with zero attached hydrogens (tertiary/aromatic N) is 3. The summed E-state index contributed by atoms with van der Waals surface area (Å²) in [6.45, 7) is 10.8. The molecule has 2 heterocycles. The number of piperazine rings is 1. The van der Waals surface area contributed by atoms with Crippen molar-refractivity contribution in [1.29, 1.82) is 0 Å². The molecule has 3 N–H and O–H groups in total. The van der Waals surface area contributed by atoms with Crippen molar-refractivity contribution in [1.82, 2.24) is 14.7 Å². The Hall–Kier alpha value is -1.34. The lowest BCUT2D eigenvalue weighted by molar-refractivity contribution is -0.139. The predicted molar refractivity (Wildman–Crippen MR) is 92.4 cm³/mol. The molecule has 2 aliphatic rings. The van der Waals surface area contributed by atoms with E-state index in [0.717, 1.165) is 25.9 Å². The molecule has 0 spiro atoms. The lowest BCUT2D eigenvalue weighted by Gasteiger charge is -2.40. The fraction of sp³-hybridized carbons (Fsp3) is 0.882. The Morgan fingerprint density at radius 1 is 1.12 bits per heavy atom. The second kappa shape index (κ2) is 7.70. The highest BCUT2D eigenvalue weighted by Gasteiger charge is 2.33. The number of rotatable bonds is 3. The van der Waals surface area contributed by atoms with Gasteiger partial charge in [0.05, 0.1) is 12.0 Å². The molecule has 7 nitrogen and oxygen atoms in total. The van der Waals surface area contributed by atoms with Crippen molar-refractivity contribution in [3.8, 4) is 0 Å². The number of carbonyl (C=O) groups excluding carboxylic acids is 2. The number of primary amides is 1. The highest BCUT2D eigenvalue weighted by atomic mass is 16.3. The number of likely N-dealkylation sites (tertiary alicyclic amines) is 1. The number of hydrogen-bond acceptors (Lipinski definition) is 4. The van der Waals surface area contributed by atoms with Gasteiger partial charge in [0.25, 0.3) is 0 Å². The van der Waals surface area contributed by atoms with E-state index in [0.29, 0.717) is 32.7 Å². The zero-order chi connectivity index (χ0) is 17.9. The van der Waals surface area contributed by atoms with Crippen LogP contribution in [0.25, 0.3) is 0 Å². The van der Waals surface area contributed by atoms with Gasteiger partial charge in [-0.15, -0.1) is 0 Å². The van der Waals surface area contributed by atoms with E-state index in [9.17, 15) is 14.7 Å². The molecule has 0 aromatic carbocycles. The first kappa shape index (κ1) is 19.0. The number of carbonyl (C=O) groups is 2. The van der Waals surface area contributed by atoms with Gasteiger partial charge in [-0.3, -0.25) is 9.69 Å². The van der Waals surface area contributed by atoms with E-state index < -0.39 is 6.03 Å². The molecular formula is C17H32N4O3. The van der Waals surface area contributed by atoms with Gasteiger partial charge in [-0.25, -0.2) is 4.79 Å². The highest BCUT2D eigenvalue weighted by Crippen LogP contribution is 2.22. The number of piperidine rings is 1. The first-order chi connectivity index (χ1) is 11.2. The molecule has 0 aromatic rings. The molecule has 0 bridgehead atoms. The van der Waals surface area contributed by atoms with Crippen molar-refractivity contribution in [3.63, 3.8) is 0 Å². The van der Waals surface area contributed by atoms with Crippen molar-refractivity contribution < 1.29 is 14.7 Å². The fourth-order valence-electron chi connectivity index (χ4n) is 3.31. The number of aliphatic hydroxyl groups is 1. The summed E-state index contributed by atoms with van der Waals surface area (Å²) in [4.78, 5) is 29.7. The summed E-state index contributed by atoms with van der Waals surface area (Å²) >= 11 is 0. The Morgan fingerprint density at radius 3 is 2.29 bits per heavy atom. The van der Waals surface area contributed by atoms with Crippen LogP contribution in [0.3, 0.4) is 0 Å². The Morgan fingerprint density at radius 2 is 1.75 bits per heavy atom. The van der Waals surface area contributed by atoms with Crippen LogP contribution in [0, 0.1) is 11.3 Å². The molecule has 0 aromatic heterocycles. The summed E-state index contributed by atoms with van der Waals surface area (Å²) in [5.41, 5.74) is 5.21. The van der Waals surface area contributed by atoms with Crippen molar-refractivity contribution in [3.05, 3.63) is 0 Å². The topological polar surface area (TPSA) is 90.1 Å². The average molecular weight is 340 g/mol. The first-order valence-corrected chi connectivity index (χ1v) is 8.92. The van der Waals surface area contributed by atoms with E-state index in [-0.39, 0.29) is 23.3 Å². The van der Waals surface area contributed by atoms with Crippen LogP contribution >= 0.6 is 0 Å². The van der Waals surface area contributed by atoms with Crippen LogP contribution in [-0.4, -0.2) is 83.7 Å². The van der Waals surface area contributed by atoms with Gasteiger partial charge in [-0.05, 0) is 18.3 Å². The Balaban J connectivity index is 1.81. The number of β-amino-alcohol motifs (C(OH)–C–C–N with tert-alkyl or cyclic N) is 1. The maximum Gasteiger partial charge on any atom is 0.314 e. The minimum atomic E-state index is -0.437. The predicted octanol–water partition coefficient (Wildman–Crippen LogP) is 0.328. The van der Waals surface area contributed by atoms with Gasteiger partial charge in [0.15, 0.2) is 0 Å². The van der Waals surface area contributed by atoms with Crippen LogP contribution in [0.4, 0.5) is 4.79 Å². The van der Waals surface area contributed by atoms with E-state index in [1.807, 2.05) is 25.7 Å². The van der Waals surface area contributed by atoms with Crippen molar-refractivity contribution in [2.24, 2.45) is 17.1 Å². The van der Waals surface area contributed by atoms with Gasteiger partial charge >= 0.3 is 6.03 Å². The van der Waals surface area contributed by atoms with Crippen LogP contribution in [0.15, 0.2) is 0 Å². The molecule has 0 aliphatic carbocycles. The number of nitrogens with two attached hydrogens (primary N) is 1. The van der Waals surface area contributed by atoms with Gasteiger partial charge in [-0.2, -0.15) is 0 Å². The first-order valence-electron chi connectivity index (χ1n) is 8.92. The lowest BCUT2D eigenvalue weighted by atomic mass is 9.89. The number of aliphatic hydroxyl groups excluding tert-OH is 1. The molecule has 2 fully saturated rings. The molecule has 0 unspecified atom stereocenters. The summed E-state index contributed by atoms with van der Waals surface area (Å²) in [5.74, 6) is 0.00920. The Labute approximate surface area is 144 Å². The van der Waals surface area contributed by atoms with E-state index >= 15 is 0 Å². The molecule has 138 valence electrons. The minimum Gasteiger partial charge on any atom is -0.391 e. The molecule has 7 heteroatoms. The molecule has 2 aliphatic heterocycles. The van der Waals surface area contributed by atoms with Gasteiger partial charge in [0.1, 0.15) is 0 Å². The van der Waals surface area contributed by atoms with Crippen molar-refractivity contribution in [2.75, 3.05) is 45.8 Å². The quantitative estimate of drug-likeness (QED) is 0.775. The molecule has 2 atom stereocenters. The Kier molecular flexibility index (Phi) is 6.09. The second-order valence-electron chi connectivity index (χ2n) is 8.13. The maximum absolute atomic E-state index is 12.7. The van der Waals surface area contributed by atoms with E-state index in [1.165, 1.54) is 0 Å². The van der Waals surface area contributed by atoms with Gasteiger partial charge in [0.2, 0.25) is 5.91 Å². The van der Waals surface area contributed by atoms with Crippen molar-refractivity contribution >= 4 is 11.9 Å². The van der Waals surface area contributed by atoms with Crippen LogP contribution in [0.1, 0.15) is 33.6 Å². The summed E-state index contributed by atoms with van der Waals surface area (Å²) < 4.78 is 0. The summed E-state index contributed by atoms with van der Waals surface area (Å²) in [6.07, 6.45) is 1.28. The van der Waals surface area contributed by atoms with Crippen LogP contribution in [0.2, 0.25) is 0 Å². The molecule has 0 radical (unpaired) electrons. The standard InChI is InChI=1S/C17H32N4O3/c1-17(2,3)14(22)12-19-7-9-20(10-8-19)15(23)13-5-4-6-21(11-13)16(18)24/h13-14,22H,4-12H2,1-3H3,(H2,18,24)/t13-,14+/m1/s1. The SMILES string of the molecule is CC(C)(C)[C@@H](O)CN1CCN(C(=O)[C@@H]2CCCN(C(N)=O)C2)CC1. The summed E-state index contributed by atoms with van der Waals surface area (Å²) in [5, 5.41) is 10.2. The third-order valence-corrected chi connectivity index (χ3v) is 5.20. The normalized spacial score (nSPS) is 24.8. The zero-order valence-corrected chi connectivity index (χ0v) is 15.2.